The Morgan fingerprint density at radius 3 is 0.692 bits per heavy atom. The zero-order valence-electron chi connectivity index (χ0n) is 19.0. The molecule has 158 valence electrons. The van der Waals surface area contributed by atoms with Gasteiger partial charge in [0.1, 0.15) is 0 Å². The van der Waals surface area contributed by atoms with Gasteiger partial charge in [-0.15, -0.1) is 0 Å². The van der Waals surface area contributed by atoms with Crippen molar-refractivity contribution in [3.63, 3.8) is 0 Å². The molecule has 0 spiro atoms. The molecule has 3 nitrogen and oxygen atoms in total. The molecule has 0 aromatic carbocycles. The summed E-state index contributed by atoms with van der Waals surface area (Å²) in [6.45, 7) is 20.7. The van der Waals surface area contributed by atoms with Crippen molar-refractivity contribution in [2.24, 2.45) is 0 Å². The van der Waals surface area contributed by atoms with E-state index in [0.717, 1.165) is 54.4 Å². The second-order valence-corrected chi connectivity index (χ2v) is 28.4. The molecular weight excluding hydrogens is 503 g/mol. The lowest BCUT2D eigenvalue weighted by Gasteiger charge is -2.45. The summed E-state index contributed by atoms with van der Waals surface area (Å²) in [6, 6.07) is 10.4. The van der Waals surface area contributed by atoms with Gasteiger partial charge in [0.05, 0.1) is 0 Å². The van der Waals surface area contributed by atoms with Crippen LogP contribution < -0.4 is 0 Å². The van der Waals surface area contributed by atoms with E-state index in [2.05, 4.69) is 84.1 Å². The molecule has 0 aliphatic rings. The molecule has 0 atom stereocenters. The largest absolute Gasteiger partial charge is 0.541 e. The van der Waals surface area contributed by atoms with Crippen LogP contribution in [0.4, 0.5) is 0 Å². The molecule has 0 aromatic heterocycles. The normalized spacial score (nSPS) is 14.1. The summed E-state index contributed by atoms with van der Waals surface area (Å²) in [5, 5.41) is 0. The van der Waals surface area contributed by atoms with Gasteiger partial charge in [0.2, 0.25) is 0 Å². The Labute approximate surface area is 181 Å². The zero-order valence-corrected chi connectivity index (χ0v) is 25.1. The highest BCUT2D eigenvalue weighted by Crippen LogP contribution is 2.39. The minimum Gasteiger partial charge on any atom is -0.409 e. The highest BCUT2D eigenvalue weighted by molar-refractivity contribution is 14.1. The summed E-state index contributed by atoms with van der Waals surface area (Å²) in [7, 11) is -5.34. The van der Waals surface area contributed by atoms with Gasteiger partial charge in [-0.1, -0.05) is 62.3 Å². The summed E-state index contributed by atoms with van der Waals surface area (Å²) in [5.74, 6) is 0. The van der Waals surface area contributed by atoms with Gasteiger partial charge in [0.15, 0.2) is 25.0 Å². The smallest absolute Gasteiger partial charge is 0.409 e. The predicted octanol–water partition coefficient (Wildman–Crippen LogP) is 7.92. The molecule has 0 rings (SSSR count). The molecule has 0 fully saturated rings. The van der Waals surface area contributed by atoms with Gasteiger partial charge < -0.3 is 12.3 Å². The summed E-state index contributed by atoms with van der Waals surface area (Å²) in [5.41, 5.74) is 0. The Morgan fingerprint density at radius 2 is 0.577 bits per heavy atom. The number of halogens is 1. The van der Waals surface area contributed by atoms with Crippen LogP contribution in [0.2, 0.25) is 54.4 Å². The van der Waals surface area contributed by atoms with Crippen LogP contribution in [0.3, 0.4) is 0 Å². The third-order valence-electron chi connectivity index (χ3n) is 6.81. The van der Waals surface area contributed by atoms with Crippen LogP contribution in [0.5, 0.6) is 0 Å². The number of rotatable bonds is 15. The molecule has 0 amide bonds. The lowest BCUT2D eigenvalue weighted by Crippen LogP contribution is -2.61. The topological polar surface area (TPSA) is 27.7 Å². The van der Waals surface area contributed by atoms with E-state index in [1.54, 1.807) is 0 Å². The lowest BCUT2D eigenvalue weighted by molar-refractivity contribution is 0.279. The van der Waals surface area contributed by atoms with Gasteiger partial charge in [-0.25, -0.2) is 0 Å². The molecular formula is C18H45IO3Si4. The quantitative estimate of drug-likeness (QED) is 0.118. The fourth-order valence-electron chi connectivity index (χ4n) is 3.74. The van der Waals surface area contributed by atoms with Crippen molar-refractivity contribution in [3.8, 4) is 0 Å². The molecule has 0 saturated heterocycles. The third kappa shape index (κ3) is 7.07. The Kier molecular flexibility index (Phi) is 12.9. The molecule has 0 bridgehead atoms. The van der Waals surface area contributed by atoms with E-state index >= 15 is 0 Å². The first-order valence-corrected chi connectivity index (χ1v) is 23.4. The Bertz CT molecular complexity index is 307. The predicted molar refractivity (Wildman–Crippen MR) is 135 cm³/mol. The summed E-state index contributed by atoms with van der Waals surface area (Å²) in [6.07, 6.45) is -2.69. The molecule has 0 aromatic rings. The molecule has 0 heterocycles. The average Bonchev–Trinajstić information content (AvgIpc) is 2.69. The van der Waals surface area contributed by atoms with Gasteiger partial charge >= 0.3 is 6.30 Å². The van der Waals surface area contributed by atoms with Crippen LogP contribution >= 0.6 is 21.8 Å². The molecule has 0 unspecified atom stereocenters. The third-order valence-corrected chi connectivity index (χ3v) is 32.5. The van der Waals surface area contributed by atoms with Gasteiger partial charge in [-0.3, -0.25) is 0 Å². The molecule has 8 heteroatoms. The van der Waals surface area contributed by atoms with E-state index in [9.17, 15) is 0 Å². The Balaban J connectivity index is 5.99. The summed E-state index contributed by atoms with van der Waals surface area (Å²) < 4.78 is 21.3. The van der Waals surface area contributed by atoms with Gasteiger partial charge in [0, 0.05) is 0 Å². The second-order valence-electron chi connectivity index (χ2n) is 7.52. The highest BCUT2D eigenvalue weighted by atomic mass is 127. The first-order chi connectivity index (χ1) is 12.2. The maximum atomic E-state index is 7.08. The fraction of sp³-hybridized carbons (Fsp3) is 1.00. The van der Waals surface area contributed by atoms with Crippen LogP contribution in [-0.2, 0) is 12.3 Å². The minimum absolute atomic E-state index is 1.16. The molecule has 26 heavy (non-hydrogen) atoms. The lowest BCUT2D eigenvalue weighted by atomic mass is 10.9. The zero-order chi connectivity index (χ0) is 20.5. The molecule has 0 N–H and O–H groups in total. The van der Waals surface area contributed by atoms with Crippen LogP contribution in [-0.4, -0.2) is 31.3 Å². The highest BCUT2D eigenvalue weighted by Gasteiger charge is 2.54. The molecule has 0 aliphatic carbocycles. The molecule has 0 saturated carbocycles. The van der Waals surface area contributed by atoms with Crippen LogP contribution in [0.25, 0.3) is 0 Å². The van der Waals surface area contributed by atoms with E-state index in [0.29, 0.717) is 0 Å². The number of hydrogen-bond donors (Lipinski definition) is 0. The van der Waals surface area contributed by atoms with Gasteiger partial charge in [0.25, 0.3) is 0 Å². The van der Waals surface area contributed by atoms with Crippen molar-refractivity contribution in [3.05, 3.63) is 0 Å². The van der Waals surface area contributed by atoms with E-state index in [-0.39, 0.29) is 0 Å². The van der Waals surface area contributed by atoms with Crippen molar-refractivity contribution >= 4 is 53.1 Å². The Morgan fingerprint density at radius 1 is 0.423 bits per heavy atom. The van der Waals surface area contributed by atoms with Gasteiger partial charge in [-0.05, 0) is 76.2 Å². The van der Waals surface area contributed by atoms with E-state index in [4.69, 9.17) is 12.3 Å². The van der Waals surface area contributed by atoms with Gasteiger partial charge in [-0.2, -0.15) is 0 Å². The minimum atomic E-state index is -2.69. The fourth-order valence-corrected chi connectivity index (χ4v) is 33.9. The van der Waals surface area contributed by atoms with E-state index in [1.165, 1.54) is 0 Å². The summed E-state index contributed by atoms with van der Waals surface area (Å²) >= 11 is 2.54. The van der Waals surface area contributed by atoms with E-state index in [1.807, 2.05) is 0 Å². The monoisotopic (exact) mass is 548 g/mol. The molecule has 0 aliphatic heterocycles. The first kappa shape index (κ1) is 27.5. The first-order valence-electron chi connectivity index (χ1n) is 11.0. The summed E-state index contributed by atoms with van der Waals surface area (Å²) in [4.78, 5) is 0. The SMILES string of the molecule is CC[Si](CC)(CC)O[Si](I)(O[Si](CC)(CC)CC)O[Si](CC)(CC)CC. The van der Waals surface area contributed by atoms with Crippen molar-refractivity contribution in [1.29, 1.82) is 0 Å². The maximum Gasteiger partial charge on any atom is 0.541 e. The van der Waals surface area contributed by atoms with Crippen LogP contribution in [0.1, 0.15) is 62.3 Å². The molecule has 0 radical (unpaired) electrons. The standard InChI is InChI=1S/C18H45IO3Si4/c1-10-23(11-2,12-3)20-26(19,21-24(13-4,14-5)15-6)22-25(16-7,17-8)18-9/h10-18H2,1-9H3. The maximum absolute atomic E-state index is 7.08. The van der Waals surface area contributed by atoms with Crippen molar-refractivity contribution in [2.75, 3.05) is 0 Å². The average molecular weight is 549 g/mol. The Hall–Kier alpha value is 1.48. The number of hydrogen-bond acceptors (Lipinski definition) is 3. The second kappa shape index (κ2) is 12.2. The van der Waals surface area contributed by atoms with Crippen molar-refractivity contribution in [1.82, 2.24) is 0 Å². The van der Waals surface area contributed by atoms with E-state index < -0.39 is 31.3 Å². The van der Waals surface area contributed by atoms with Crippen LogP contribution in [0, 0.1) is 0 Å². The van der Waals surface area contributed by atoms with Crippen molar-refractivity contribution < 1.29 is 12.3 Å². The van der Waals surface area contributed by atoms with Crippen molar-refractivity contribution in [2.45, 2.75) is 117 Å². The van der Waals surface area contributed by atoms with Crippen LogP contribution in [0.15, 0.2) is 0 Å².